The number of halogens is 1. The summed E-state index contributed by atoms with van der Waals surface area (Å²) >= 11 is 2.27. The van der Waals surface area contributed by atoms with Gasteiger partial charge in [-0.2, -0.15) is 0 Å². The van der Waals surface area contributed by atoms with Gasteiger partial charge in [-0.05, 0) is 55.6 Å². The number of piperidine rings is 1. The molecule has 0 radical (unpaired) electrons. The Balaban J connectivity index is 1.47. The minimum atomic E-state index is -0.0736. The number of anilines is 1. The molecule has 4 rings (SSSR count). The molecule has 8 heteroatoms. The number of hydrogen-bond donors (Lipinski definition) is 1. The number of nitrogens with zero attached hydrogens (tertiary/aromatic N) is 4. The summed E-state index contributed by atoms with van der Waals surface area (Å²) in [5.74, 6) is 1.02. The molecule has 0 atom stereocenters. The number of rotatable bonds is 2. The number of ether oxygens (including phenoxy) is 2. The van der Waals surface area contributed by atoms with Crippen LogP contribution >= 0.6 is 22.6 Å². The standard InChI is InChI=1S/C16H22IN5O2/c1-21-4-2-10(3-5-21)16-23-7-11(8-24-16)22-6-12(17)13-14(18)19-9-20-15(13)22/h6,9-11,16H,2-5,7-8H2,1H3,(H2,18,19,20)/t11-,16-. The van der Waals surface area contributed by atoms with E-state index in [1.807, 2.05) is 0 Å². The van der Waals surface area contributed by atoms with Crippen LogP contribution in [-0.2, 0) is 9.47 Å². The second-order valence-corrected chi connectivity index (χ2v) is 7.83. The van der Waals surface area contributed by atoms with Crippen LogP contribution in [0.1, 0.15) is 18.9 Å². The Bertz CT molecular complexity index is 721. The third-order valence-corrected chi connectivity index (χ3v) is 5.86. The zero-order valence-electron chi connectivity index (χ0n) is 13.7. The van der Waals surface area contributed by atoms with Crippen LogP contribution in [0.4, 0.5) is 5.82 Å². The van der Waals surface area contributed by atoms with Crippen molar-refractivity contribution in [2.45, 2.75) is 25.2 Å². The van der Waals surface area contributed by atoms with E-state index >= 15 is 0 Å². The zero-order valence-corrected chi connectivity index (χ0v) is 15.8. The summed E-state index contributed by atoms with van der Waals surface area (Å²) < 4.78 is 15.3. The fraction of sp³-hybridized carbons (Fsp3) is 0.625. The fourth-order valence-electron chi connectivity index (χ4n) is 3.58. The smallest absolute Gasteiger partial charge is 0.160 e. The highest BCUT2D eigenvalue weighted by Crippen LogP contribution is 2.31. The lowest BCUT2D eigenvalue weighted by Gasteiger charge is -2.38. The second-order valence-electron chi connectivity index (χ2n) is 6.67. The first-order valence-corrected chi connectivity index (χ1v) is 9.39. The largest absolute Gasteiger partial charge is 0.383 e. The maximum absolute atomic E-state index is 6.07. The van der Waals surface area contributed by atoms with Crippen molar-refractivity contribution >= 4 is 39.4 Å². The molecule has 2 aliphatic heterocycles. The molecule has 2 fully saturated rings. The van der Waals surface area contributed by atoms with Gasteiger partial charge in [0.2, 0.25) is 0 Å². The Morgan fingerprint density at radius 3 is 2.62 bits per heavy atom. The van der Waals surface area contributed by atoms with E-state index in [1.54, 1.807) is 0 Å². The lowest BCUT2D eigenvalue weighted by Crippen LogP contribution is -2.42. The molecule has 2 aliphatic rings. The third-order valence-electron chi connectivity index (χ3n) is 5.04. The van der Waals surface area contributed by atoms with E-state index in [2.05, 4.69) is 55.3 Å². The van der Waals surface area contributed by atoms with Gasteiger partial charge in [0.25, 0.3) is 0 Å². The summed E-state index contributed by atoms with van der Waals surface area (Å²) in [5.41, 5.74) is 6.84. The molecule has 0 bridgehead atoms. The molecule has 0 aromatic carbocycles. The van der Waals surface area contributed by atoms with Gasteiger partial charge in [0.1, 0.15) is 17.8 Å². The van der Waals surface area contributed by atoms with Crippen LogP contribution in [0.2, 0.25) is 0 Å². The topological polar surface area (TPSA) is 78.4 Å². The van der Waals surface area contributed by atoms with Gasteiger partial charge < -0.3 is 24.7 Å². The molecule has 24 heavy (non-hydrogen) atoms. The molecule has 0 spiro atoms. The Kier molecular flexibility index (Phi) is 4.63. The number of fused-ring (bicyclic) bond motifs is 1. The summed E-state index contributed by atoms with van der Waals surface area (Å²) in [6.07, 6.45) is 5.77. The highest BCUT2D eigenvalue weighted by Gasteiger charge is 2.32. The highest BCUT2D eigenvalue weighted by atomic mass is 127. The van der Waals surface area contributed by atoms with Crippen molar-refractivity contribution in [2.24, 2.45) is 5.92 Å². The van der Waals surface area contributed by atoms with Crippen LogP contribution < -0.4 is 5.73 Å². The van der Waals surface area contributed by atoms with Crippen LogP contribution in [0.15, 0.2) is 12.5 Å². The highest BCUT2D eigenvalue weighted by molar-refractivity contribution is 14.1. The molecular weight excluding hydrogens is 421 g/mol. The monoisotopic (exact) mass is 443 g/mol. The molecule has 2 saturated heterocycles. The molecule has 0 amide bonds. The molecule has 0 saturated carbocycles. The lowest BCUT2D eigenvalue weighted by atomic mass is 9.96. The van der Waals surface area contributed by atoms with E-state index in [0.29, 0.717) is 24.9 Å². The minimum Gasteiger partial charge on any atom is -0.383 e. The van der Waals surface area contributed by atoms with Gasteiger partial charge in [0.05, 0.1) is 24.6 Å². The zero-order chi connectivity index (χ0) is 16.7. The average molecular weight is 443 g/mol. The summed E-state index contributed by atoms with van der Waals surface area (Å²) in [5, 5.41) is 0.913. The lowest BCUT2D eigenvalue weighted by molar-refractivity contribution is -0.225. The molecule has 0 unspecified atom stereocenters. The van der Waals surface area contributed by atoms with Crippen molar-refractivity contribution in [3.05, 3.63) is 16.1 Å². The number of aromatic nitrogens is 3. The van der Waals surface area contributed by atoms with Crippen molar-refractivity contribution in [2.75, 3.05) is 39.1 Å². The first-order valence-electron chi connectivity index (χ1n) is 8.31. The van der Waals surface area contributed by atoms with Crippen molar-refractivity contribution in [3.8, 4) is 0 Å². The normalized spacial score (nSPS) is 26.9. The summed E-state index contributed by atoms with van der Waals surface area (Å²) in [7, 11) is 2.17. The van der Waals surface area contributed by atoms with Crippen LogP contribution in [0.5, 0.6) is 0 Å². The van der Waals surface area contributed by atoms with Gasteiger partial charge in [-0.1, -0.05) is 0 Å². The fourth-order valence-corrected chi connectivity index (χ4v) is 4.40. The molecular formula is C16H22IN5O2. The van der Waals surface area contributed by atoms with Crippen LogP contribution in [0.3, 0.4) is 0 Å². The average Bonchev–Trinajstić information content (AvgIpc) is 2.94. The van der Waals surface area contributed by atoms with Crippen molar-refractivity contribution < 1.29 is 9.47 Å². The number of nitrogens with two attached hydrogens (primary N) is 1. The van der Waals surface area contributed by atoms with Crippen molar-refractivity contribution in [3.63, 3.8) is 0 Å². The van der Waals surface area contributed by atoms with Crippen LogP contribution in [0.25, 0.3) is 11.0 Å². The van der Waals surface area contributed by atoms with Gasteiger partial charge in [0.15, 0.2) is 6.29 Å². The Hall–Kier alpha value is -0.970. The number of nitrogen functional groups attached to an aromatic ring is 1. The number of hydrogen-bond acceptors (Lipinski definition) is 6. The Morgan fingerprint density at radius 1 is 1.21 bits per heavy atom. The Labute approximate surface area is 154 Å². The minimum absolute atomic E-state index is 0.0736. The first-order chi connectivity index (χ1) is 11.6. The van der Waals surface area contributed by atoms with E-state index in [4.69, 9.17) is 15.2 Å². The summed E-state index contributed by atoms with van der Waals surface area (Å²) in [6, 6.07) is 0.118. The van der Waals surface area contributed by atoms with Crippen LogP contribution in [-0.4, -0.2) is 59.1 Å². The predicted octanol–water partition coefficient (Wildman–Crippen LogP) is 1.87. The van der Waals surface area contributed by atoms with Gasteiger partial charge in [-0.15, -0.1) is 0 Å². The van der Waals surface area contributed by atoms with Gasteiger partial charge >= 0.3 is 0 Å². The van der Waals surface area contributed by atoms with E-state index in [1.165, 1.54) is 6.33 Å². The van der Waals surface area contributed by atoms with E-state index in [-0.39, 0.29) is 12.3 Å². The van der Waals surface area contributed by atoms with E-state index in [0.717, 1.165) is 40.5 Å². The first kappa shape index (κ1) is 16.5. The maximum atomic E-state index is 6.07. The molecule has 4 heterocycles. The quantitative estimate of drug-likeness (QED) is 0.715. The molecule has 2 aromatic rings. The van der Waals surface area contributed by atoms with E-state index < -0.39 is 0 Å². The van der Waals surface area contributed by atoms with Crippen LogP contribution in [0, 0.1) is 9.49 Å². The predicted molar refractivity (Wildman–Crippen MR) is 99.6 cm³/mol. The molecule has 2 aromatic heterocycles. The number of likely N-dealkylation sites (tertiary alicyclic amines) is 1. The van der Waals surface area contributed by atoms with Crippen molar-refractivity contribution in [1.82, 2.24) is 19.4 Å². The SMILES string of the molecule is CN1CCC([C@H]2OC[C@H](n3cc(I)c4c(N)ncnc43)CO2)CC1. The Morgan fingerprint density at radius 2 is 1.92 bits per heavy atom. The molecule has 0 aliphatic carbocycles. The summed E-state index contributed by atoms with van der Waals surface area (Å²) in [4.78, 5) is 10.9. The van der Waals surface area contributed by atoms with Crippen molar-refractivity contribution in [1.29, 1.82) is 0 Å². The third kappa shape index (κ3) is 3.00. The van der Waals surface area contributed by atoms with Gasteiger partial charge in [0, 0.05) is 15.7 Å². The van der Waals surface area contributed by atoms with E-state index in [9.17, 15) is 0 Å². The second kappa shape index (κ2) is 6.74. The maximum Gasteiger partial charge on any atom is 0.160 e. The van der Waals surface area contributed by atoms with Gasteiger partial charge in [-0.25, -0.2) is 9.97 Å². The van der Waals surface area contributed by atoms with Gasteiger partial charge in [-0.3, -0.25) is 0 Å². The summed E-state index contributed by atoms with van der Waals surface area (Å²) in [6.45, 7) is 3.52. The molecule has 2 N–H and O–H groups in total. The molecule has 7 nitrogen and oxygen atoms in total. The molecule has 130 valence electrons.